The normalized spacial score (nSPS) is 15.8. The second-order valence-corrected chi connectivity index (χ2v) is 9.19. The van der Waals surface area contributed by atoms with Gasteiger partial charge < -0.3 is 20.1 Å². The van der Waals surface area contributed by atoms with E-state index in [1.165, 1.54) is 10.6 Å². The Kier molecular flexibility index (Phi) is 8.65. The van der Waals surface area contributed by atoms with Crippen LogP contribution in [0, 0.1) is 0 Å². The second kappa shape index (κ2) is 11.7. The standard InChI is InChI=1S/C20H31N7O3S/c1-2-21-20(24-11-6-5-10-23-19-7-3-4-9-22-19)26-12-14-27(15-13-26)31(28,29)17-18-8-16-30-25-18/h3-4,7-9,16H,2,5-6,10-15,17H2,1H3,(H,21,24)(H,22,23). The molecule has 31 heavy (non-hydrogen) atoms. The van der Waals surface area contributed by atoms with Crippen LogP contribution < -0.4 is 10.6 Å². The first-order valence-corrected chi connectivity index (χ1v) is 12.2. The third kappa shape index (κ3) is 7.21. The van der Waals surface area contributed by atoms with Crippen molar-refractivity contribution < 1.29 is 12.9 Å². The van der Waals surface area contributed by atoms with Gasteiger partial charge in [-0.05, 0) is 31.9 Å². The fourth-order valence-corrected chi connectivity index (χ4v) is 4.72. The Hall–Kier alpha value is -2.66. The number of nitrogens with one attached hydrogen (secondary N) is 2. The van der Waals surface area contributed by atoms with Crippen LogP contribution in [0.4, 0.5) is 5.82 Å². The fourth-order valence-electron chi connectivity index (χ4n) is 3.30. The van der Waals surface area contributed by atoms with Crippen LogP contribution in [-0.4, -0.2) is 79.5 Å². The number of rotatable bonds is 10. The van der Waals surface area contributed by atoms with Crippen LogP contribution in [0.15, 0.2) is 46.2 Å². The highest BCUT2D eigenvalue weighted by atomic mass is 32.2. The van der Waals surface area contributed by atoms with E-state index in [1.807, 2.05) is 25.1 Å². The predicted octanol–water partition coefficient (Wildman–Crippen LogP) is 1.37. The van der Waals surface area contributed by atoms with Gasteiger partial charge in [0.25, 0.3) is 0 Å². The minimum absolute atomic E-state index is 0.135. The van der Waals surface area contributed by atoms with Gasteiger partial charge in [0.2, 0.25) is 10.0 Å². The Morgan fingerprint density at radius 1 is 1.19 bits per heavy atom. The molecule has 11 heteroatoms. The van der Waals surface area contributed by atoms with Crippen molar-refractivity contribution in [3.63, 3.8) is 0 Å². The molecule has 2 aromatic rings. The van der Waals surface area contributed by atoms with Gasteiger partial charge in [0.05, 0.1) is 5.69 Å². The number of pyridine rings is 1. The topological polar surface area (TPSA) is 116 Å². The Labute approximate surface area is 183 Å². The van der Waals surface area contributed by atoms with Gasteiger partial charge >= 0.3 is 0 Å². The zero-order chi connectivity index (χ0) is 21.9. The predicted molar refractivity (Wildman–Crippen MR) is 120 cm³/mol. The summed E-state index contributed by atoms with van der Waals surface area (Å²) in [6.07, 6.45) is 5.11. The van der Waals surface area contributed by atoms with Crippen molar-refractivity contribution in [1.29, 1.82) is 0 Å². The SMILES string of the molecule is CCNC(=NCCCCNc1ccccn1)N1CCN(S(=O)(=O)Cc2ccon2)CC1. The van der Waals surface area contributed by atoms with Gasteiger partial charge in [0.1, 0.15) is 17.8 Å². The molecule has 1 saturated heterocycles. The van der Waals surface area contributed by atoms with E-state index >= 15 is 0 Å². The van der Waals surface area contributed by atoms with Crippen LogP contribution in [0.2, 0.25) is 0 Å². The van der Waals surface area contributed by atoms with E-state index in [-0.39, 0.29) is 5.75 Å². The molecule has 0 bridgehead atoms. The van der Waals surface area contributed by atoms with E-state index in [1.54, 1.807) is 12.3 Å². The lowest BCUT2D eigenvalue weighted by molar-refractivity contribution is 0.260. The number of hydrogen-bond donors (Lipinski definition) is 2. The smallest absolute Gasteiger partial charge is 0.220 e. The summed E-state index contributed by atoms with van der Waals surface area (Å²) in [5, 5.41) is 10.3. The molecule has 2 aromatic heterocycles. The van der Waals surface area contributed by atoms with Crippen molar-refractivity contribution in [1.82, 2.24) is 24.7 Å². The first kappa shape index (κ1) is 23.0. The lowest BCUT2D eigenvalue weighted by Crippen LogP contribution is -2.53. The van der Waals surface area contributed by atoms with Gasteiger partial charge in [-0.2, -0.15) is 4.31 Å². The number of sulfonamides is 1. The molecular formula is C20H31N7O3S. The fraction of sp³-hybridized carbons (Fsp3) is 0.550. The lowest BCUT2D eigenvalue weighted by atomic mass is 10.3. The summed E-state index contributed by atoms with van der Waals surface area (Å²) in [4.78, 5) is 11.1. The number of hydrogen-bond acceptors (Lipinski definition) is 7. The molecule has 1 aliphatic rings. The Bertz CT molecular complexity index is 896. The monoisotopic (exact) mass is 449 g/mol. The van der Waals surface area contributed by atoms with Crippen LogP contribution in [0.25, 0.3) is 0 Å². The summed E-state index contributed by atoms with van der Waals surface area (Å²) in [7, 11) is -3.41. The molecule has 0 amide bonds. The van der Waals surface area contributed by atoms with Crippen LogP contribution in [0.3, 0.4) is 0 Å². The molecule has 0 aliphatic carbocycles. The van der Waals surface area contributed by atoms with Crippen molar-refractivity contribution >= 4 is 21.8 Å². The summed E-state index contributed by atoms with van der Waals surface area (Å²) < 4.78 is 31.5. The largest absolute Gasteiger partial charge is 0.370 e. The number of nitrogens with zero attached hydrogens (tertiary/aromatic N) is 5. The quantitative estimate of drug-likeness (QED) is 0.317. The van der Waals surface area contributed by atoms with Crippen LogP contribution in [0.5, 0.6) is 0 Å². The van der Waals surface area contributed by atoms with Crippen LogP contribution in [-0.2, 0) is 15.8 Å². The summed E-state index contributed by atoms with van der Waals surface area (Å²) in [5.74, 6) is 1.59. The van der Waals surface area contributed by atoms with E-state index < -0.39 is 10.0 Å². The van der Waals surface area contributed by atoms with Gasteiger partial charge in [-0.15, -0.1) is 0 Å². The molecule has 2 N–H and O–H groups in total. The van der Waals surface area contributed by atoms with Crippen molar-refractivity contribution in [2.75, 3.05) is 51.1 Å². The molecule has 0 saturated carbocycles. The van der Waals surface area contributed by atoms with Gasteiger partial charge in [-0.1, -0.05) is 11.2 Å². The number of piperazine rings is 1. The highest BCUT2D eigenvalue weighted by molar-refractivity contribution is 7.88. The molecule has 10 nitrogen and oxygen atoms in total. The van der Waals surface area contributed by atoms with Crippen LogP contribution >= 0.6 is 0 Å². The highest BCUT2D eigenvalue weighted by Crippen LogP contribution is 2.13. The van der Waals surface area contributed by atoms with Crippen molar-refractivity contribution in [3.05, 3.63) is 42.4 Å². The van der Waals surface area contributed by atoms with E-state index in [2.05, 4.69) is 25.7 Å². The number of guanidine groups is 1. The van der Waals surface area contributed by atoms with E-state index in [9.17, 15) is 8.42 Å². The van der Waals surface area contributed by atoms with Gasteiger partial charge in [0.15, 0.2) is 5.96 Å². The third-order valence-electron chi connectivity index (χ3n) is 4.91. The summed E-state index contributed by atoms with van der Waals surface area (Å²) in [6.45, 7) is 6.44. The molecule has 0 aromatic carbocycles. The van der Waals surface area contributed by atoms with E-state index in [4.69, 9.17) is 9.52 Å². The number of aliphatic imine (C=N–C) groups is 1. The second-order valence-electron chi connectivity index (χ2n) is 7.22. The molecule has 0 spiro atoms. The number of aromatic nitrogens is 2. The average Bonchev–Trinajstić information content (AvgIpc) is 3.28. The zero-order valence-corrected chi connectivity index (χ0v) is 18.7. The first-order chi connectivity index (χ1) is 15.1. The third-order valence-corrected chi connectivity index (χ3v) is 6.72. The van der Waals surface area contributed by atoms with Crippen molar-refractivity contribution in [2.24, 2.45) is 4.99 Å². The Morgan fingerprint density at radius 3 is 2.71 bits per heavy atom. The number of unbranched alkanes of at least 4 members (excludes halogenated alkanes) is 1. The molecule has 1 fully saturated rings. The van der Waals surface area contributed by atoms with Crippen molar-refractivity contribution in [3.8, 4) is 0 Å². The maximum atomic E-state index is 12.6. The summed E-state index contributed by atoms with van der Waals surface area (Å²) >= 11 is 0. The first-order valence-electron chi connectivity index (χ1n) is 10.6. The number of anilines is 1. The summed E-state index contributed by atoms with van der Waals surface area (Å²) in [6, 6.07) is 7.39. The summed E-state index contributed by atoms with van der Waals surface area (Å²) in [5.41, 5.74) is 0.426. The molecule has 0 atom stereocenters. The molecule has 0 unspecified atom stereocenters. The van der Waals surface area contributed by atoms with Crippen molar-refractivity contribution in [2.45, 2.75) is 25.5 Å². The maximum Gasteiger partial charge on any atom is 0.220 e. The Balaban J connectivity index is 1.42. The van der Waals surface area contributed by atoms with Gasteiger partial charge in [-0.3, -0.25) is 4.99 Å². The van der Waals surface area contributed by atoms with E-state index in [0.29, 0.717) is 31.9 Å². The maximum absolute atomic E-state index is 12.6. The average molecular weight is 450 g/mol. The van der Waals surface area contributed by atoms with E-state index in [0.717, 1.165) is 44.3 Å². The molecule has 170 valence electrons. The van der Waals surface area contributed by atoms with Gasteiger partial charge in [-0.25, -0.2) is 13.4 Å². The van der Waals surface area contributed by atoms with Gasteiger partial charge in [0, 0.05) is 58.1 Å². The molecule has 3 rings (SSSR count). The molecule has 3 heterocycles. The molecule has 1 aliphatic heterocycles. The minimum atomic E-state index is -3.41. The molecule has 0 radical (unpaired) electrons. The Morgan fingerprint density at radius 2 is 2.03 bits per heavy atom. The zero-order valence-electron chi connectivity index (χ0n) is 17.9. The molecular weight excluding hydrogens is 418 g/mol. The van der Waals surface area contributed by atoms with Crippen LogP contribution in [0.1, 0.15) is 25.5 Å². The minimum Gasteiger partial charge on any atom is -0.370 e. The lowest BCUT2D eigenvalue weighted by Gasteiger charge is -2.35. The highest BCUT2D eigenvalue weighted by Gasteiger charge is 2.28.